The molecule has 0 spiro atoms. The molecule has 34 heavy (non-hydrogen) atoms. The van der Waals surface area contributed by atoms with Gasteiger partial charge in [0.05, 0.1) is 0 Å². The molecule has 4 aromatic rings. The molecule has 3 nitrogen and oxygen atoms in total. The normalized spacial score (nSPS) is 18.1. The van der Waals surface area contributed by atoms with Gasteiger partial charge >= 0.3 is 213 Å². The molecule has 0 aliphatic carbocycles. The molecule has 1 aliphatic heterocycles. The second kappa shape index (κ2) is 9.99. The fraction of sp³-hybridized carbons (Fsp3) is 0.0714. The third-order valence-corrected chi connectivity index (χ3v) is 9.88. The minimum absolute atomic E-state index is 0.00935. The second-order valence-corrected chi connectivity index (χ2v) is 13.4. The molecule has 0 saturated carbocycles. The van der Waals surface area contributed by atoms with E-state index in [1.54, 1.807) is 11.8 Å². The first kappa shape index (κ1) is 23.2. The van der Waals surface area contributed by atoms with Crippen LogP contribution in [-0.2, 0) is 4.52 Å². The monoisotopic (exact) mass is 549 g/mol. The van der Waals surface area contributed by atoms with Crippen LogP contribution in [0.25, 0.3) is 22.4 Å². The zero-order chi connectivity index (χ0) is 23.5. The summed E-state index contributed by atoms with van der Waals surface area (Å²) in [7, 11) is 0. The molecule has 0 amide bonds. The SMILES string of the molecule is C=Cc1ccccc1C1=COP(=[Se])(NC(SC)c2ccccc2)Oc2ccc3ccccc3c21. The molecule has 1 N–H and O–H groups in total. The Balaban J connectivity index is 1.66. The summed E-state index contributed by atoms with van der Waals surface area (Å²) in [5.41, 5.74) is 5.26. The molecule has 0 bridgehead atoms. The summed E-state index contributed by atoms with van der Waals surface area (Å²) in [4.78, 5) is 0. The van der Waals surface area contributed by atoms with E-state index in [0.717, 1.165) is 38.8 Å². The van der Waals surface area contributed by atoms with E-state index in [9.17, 15) is 0 Å². The number of hydrogen-bond donors (Lipinski definition) is 1. The Labute approximate surface area is 212 Å². The molecule has 0 fully saturated rings. The summed E-state index contributed by atoms with van der Waals surface area (Å²) in [5, 5.41) is 5.91. The van der Waals surface area contributed by atoms with Crippen LogP contribution in [0.1, 0.15) is 27.6 Å². The Hall–Kier alpha value is -2.52. The molecular formula is C28H24NO2PSSe. The standard InChI is InChI=1S/C28H24NO2PSSe/c1-3-20-11-7-9-15-23(20)25-19-30-32(34,29-28(33-2)22-13-5-4-6-14-22)31-26-18-17-21-12-8-10-16-24(21)27(25)26/h3-19,28H,1H2,2H3,(H,29,34). The van der Waals surface area contributed by atoms with E-state index in [1.165, 1.54) is 5.56 Å². The minimum atomic E-state index is -2.63. The second-order valence-electron chi connectivity index (χ2n) is 7.83. The van der Waals surface area contributed by atoms with Gasteiger partial charge in [-0.05, 0) is 0 Å². The summed E-state index contributed by atoms with van der Waals surface area (Å²) < 4.78 is 13.1. The molecule has 2 atom stereocenters. The van der Waals surface area contributed by atoms with Crippen LogP contribution < -0.4 is 9.61 Å². The molecule has 6 heteroatoms. The summed E-state index contributed by atoms with van der Waals surface area (Å²) in [6, 6.07) is 31.1. The topological polar surface area (TPSA) is 30.5 Å². The fourth-order valence-corrected chi connectivity index (χ4v) is 8.55. The van der Waals surface area contributed by atoms with Crippen LogP contribution in [0.2, 0.25) is 0 Å². The van der Waals surface area contributed by atoms with Crippen LogP contribution in [0.5, 0.6) is 5.75 Å². The van der Waals surface area contributed by atoms with Crippen molar-refractivity contribution < 1.29 is 9.05 Å². The van der Waals surface area contributed by atoms with E-state index in [1.807, 2.05) is 48.7 Å². The van der Waals surface area contributed by atoms with Gasteiger partial charge in [0.2, 0.25) is 0 Å². The maximum absolute atomic E-state index is 6.66. The van der Waals surface area contributed by atoms with Crippen molar-refractivity contribution in [2.24, 2.45) is 0 Å². The third-order valence-electron chi connectivity index (χ3n) is 5.77. The van der Waals surface area contributed by atoms with E-state index in [-0.39, 0.29) is 5.37 Å². The van der Waals surface area contributed by atoms with Crippen molar-refractivity contribution in [3.63, 3.8) is 0 Å². The summed E-state index contributed by atoms with van der Waals surface area (Å²) >= 11 is 4.95. The van der Waals surface area contributed by atoms with Crippen LogP contribution in [0.3, 0.4) is 0 Å². The van der Waals surface area contributed by atoms with Gasteiger partial charge in [-0.25, -0.2) is 0 Å². The Morgan fingerprint density at radius 2 is 1.68 bits per heavy atom. The number of benzene rings is 4. The molecule has 2 unspecified atom stereocenters. The predicted octanol–water partition coefficient (Wildman–Crippen LogP) is 7.78. The zero-order valence-electron chi connectivity index (χ0n) is 18.7. The van der Waals surface area contributed by atoms with Gasteiger partial charge in [-0.15, -0.1) is 0 Å². The molecule has 0 saturated heterocycles. The van der Waals surface area contributed by atoms with Crippen LogP contribution >= 0.6 is 17.9 Å². The van der Waals surface area contributed by atoms with Crippen molar-refractivity contribution in [2.75, 3.05) is 6.26 Å². The van der Waals surface area contributed by atoms with Gasteiger partial charge in [0, 0.05) is 0 Å². The molecule has 0 radical (unpaired) electrons. The number of rotatable bonds is 6. The molecular weight excluding hydrogens is 524 g/mol. The molecule has 5 rings (SSSR count). The summed E-state index contributed by atoms with van der Waals surface area (Å²) in [6.07, 6.45) is 3.17. The van der Waals surface area contributed by atoms with E-state index in [2.05, 4.69) is 87.6 Å². The molecule has 1 heterocycles. The van der Waals surface area contributed by atoms with E-state index in [0.29, 0.717) is 0 Å². The van der Waals surface area contributed by atoms with Gasteiger partial charge in [-0.3, -0.25) is 0 Å². The van der Waals surface area contributed by atoms with Crippen LogP contribution in [0.4, 0.5) is 0 Å². The van der Waals surface area contributed by atoms with Crippen LogP contribution in [0, 0.1) is 0 Å². The molecule has 0 aromatic heterocycles. The van der Waals surface area contributed by atoms with Crippen LogP contribution in [0.15, 0.2) is 104 Å². The predicted molar refractivity (Wildman–Crippen MR) is 148 cm³/mol. The van der Waals surface area contributed by atoms with Gasteiger partial charge in [0.15, 0.2) is 0 Å². The van der Waals surface area contributed by atoms with E-state index in [4.69, 9.17) is 9.05 Å². The molecule has 170 valence electrons. The first-order chi connectivity index (χ1) is 16.6. The Morgan fingerprint density at radius 1 is 0.941 bits per heavy atom. The average molecular weight is 549 g/mol. The van der Waals surface area contributed by atoms with Gasteiger partial charge in [0.25, 0.3) is 0 Å². The molecule has 1 aliphatic rings. The Bertz CT molecular complexity index is 1440. The number of thioether (sulfide) groups is 1. The van der Waals surface area contributed by atoms with Crippen molar-refractivity contribution in [2.45, 2.75) is 5.37 Å². The maximum atomic E-state index is 6.66. The van der Waals surface area contributed by atoms with Gasteiger partial charge < -0.3 is 0 Å². The molecule has 4 aromatic carbocycles. The van der Waals surface area contributed by atoms with Crippen molar-refractivity contribution >= 4 is 55.4 Å². The van der Waals surface area contributed by atoms with Gasteiger partial charge in [-0.2, -0.15) is 0 Å². The van der Waals surface area contributed by atoms with Crippen molar-refractivity contribution in [1.29, 1.82) is 0 Å². The zero-order valence-corrected chi connectivity index (χ0v) is 22.1. The van der Waals surface area contributed by atoms with Crippen molar-refractivity contribution in [1.82, 2.24) is 5.09 Å². The number of hydrogen-bond acceptors (Lipinski definition) is 4. The van der Waals surface area contributed by atoms with E-state index >= 15 is 0 Å². The first-order valence-electron chi connectivity index (χ1n) is 10.9. The van der Waals surface area contributed by atoms with Crippen molar-refractivity contribution in [3.8, 4) is 5.75 Å². The number of fused-ring (bicyclic) bond motifs is 3. The summed E-state index contributed by atoms with van der Waals surface area (Å²) in [5.74, 6) is 0.786. The average Bonchev–Trinajstić information content (AvgIpc) is 3.04. The summed E-state index contributed by atoms with van der Waals surface area (Å²) in [6.45, 7) is 4.03. The van der Waals surface area contributed by atoms with Crippen molar-refractivity contribution in [3.05, 3.63) is 126 Å². The first-order valence-corrected chi connectivity index (χ1v) is 16.0. The quantitative estimate of drug-likeness (QED) is 0.151. The Morgan fingerprint density at radius 3 is 2.47 bits per heavy atom. The fourth-order valence-electron chi connectivity index (χ4n) is 4.15. The van der Waals surface area contributed by atoms with Gasteiger partial charge in [-0.1, -0.05) is 0 Å². The third kappa shape index (κ3) is 4.55. The van der Waals surface area contributed by atoms with E-state index < -0.39 is 6.11 Å². The van der Waals surface area contributed by atoms with Crippen LogP contribution in [-0.4, -0.2) is 21.4 Å². The number of nitrogens with one attached hydrogen (secondary N) is 1. The van der Waals surface area contributed by atoms with Gasteiger partial charge in [0.1, 0.15) is 0 Å². The Kier molecular flexibility index (Phi) is 6.83.